The first kappa shape index (κ1) is 12.6. The van der Waals surface area contributed by atoms with Crippen molar-refractivity contribution >= 4 is 15.7 Å². The van der Waals surface area contributed by atoms with E-state index in [1.54, 1.807) is 12.1 Å². The van der Waals surface area contributed by atoms with Crippen LogP contribution in [0.25, 0.3) is 0 Å². The van der Waals surface area contributed by atoms with Crippen molar-refractivity contribution in [2.24, 2.45) is 5.14 Å². The minimum atomic E-state index is -3.60. The molecule has 0 heterocycles. The monoisotopic (exact) mass is 238 g/mol. The molecule has 0 aliphatic rings. The van der Waals surface area contributed by atoms with Gasteiger partial charge in [0.05, 0.1) is 4.90 Å². The predicted octanol–water partition coefficient (Wildman–Crippen LogP) is 1.16. The van der Waals surface area contributed by atoms with Crippen LogP contribution in [0, 0.1) is 12.3 Å². The lowest BCUT2D eigenvalue weighted by Gasteiger charge is -2.05. The summed E-state index contributed by atoms with van der Waals surface area (Å²) in [7, 11) is -3.60. The molecule has 16 heavy (non-hydrogen) atoms. The molecule has 0 amide bonds. The fourth-order valence-electron chi connectivity index (χ4n) is 1.19. The standard InChI is InChI=1S/C11H14N2O2S/c1-2-3-4-9-13-10-5-7-11(8-6-10)16(12,14)15/h1,5-8,13H,3-4,9H2,(H2,12,14,15). The molecular weight excluding hydrogens is 224 g/mol. The fraction of sp³-hybridized carbons (Fsp3) is 0.273. The molecule has 0 aliphatic heterocycles. The van der Waals surface area contributed by atoms with Crippen molar-refractivity contribution in [3.63, 3.8) is 0 Å². The summed E-state index contributed by atoms with van der Waals surface area (Å²) in [5.74, 6) is 2.55. The quantitative estimate of drug-likeness (QED) is 0.597. The lowest BCUT2D eigenvalue weighted by Crippen LogP contribution is -2.12. The van der Waals surface area contributed by atoms with Crippen molar-refractivity contribution in [2.45, 2.75) is 17.7 Å². The van der Waals surface area contributed by atoms with Crippen LogP contribution in [0.1, 0.15) is 12.8 Å². The van der Waals surface area contributed by atoms with Gasteiger partial charge in [0.1, 0.15) is 0 Å². The summed E-state index contributed by atoms with van der Waals surface area (Å²) in [6.45, 7) is 0.763. The highest BCUT2D eigenvalue weighted by molar-refractivity contribution is 7.89. The third kappa shape index (κ3) is 3.93. The van der Waals surface area contributed by atoms with Gasteiger partial charge in [-0.15, -0.1) is 12.3 Å². The number of nitrogens with two attached hydrogens (primary N) is 1. The number of primary sulfonamides is 1. The zero-order chi connectivity index (χ0) is 12.0. The van der Waals surface area contributed by atoms with Crippen LogP contribution in [0.5, 0.6) is 0 Å². The van der Waals surface area contributed by atoms with Crippen LogP contribution in [0.4, 0.5) is 5.69 Å². The van der Waals surface area contributed by atoms with E-state index < -0.39 is 10.0 Å². The van der Waals surface area contributed by atoms with Gasteiger partial charge in [0.25, 0.3) is 0 Å². The number of unbranched alkanes of at least 4 members (excludes halogenated alkanes) is 1. The molecule has 0 aromatic heterocycles. The molecule has 0 saturated heterocycles. The zero-order valence-corrected chi connectivity index (χ0v) is 9.63. The first-order chi connectivity index (χ1) is 7.54. The molecule has 0 fully saturated rings. The van der Waals surface area contributed by atoms with Crippen molar-refractivity contribution in [1.29, 1.82) is 0 Å². The number of anilines is 1. The lowest BCUT2D eigenvalue weighted by molar-refractivity contribution is 0.598. The Morgan fingerprint density at radius 2 is 1.94 bits per heavy atom. The second kappa shape index (κ2) is 5.54. The van der Waals surface area contributed by atoms with Crippen LogP contribution < -0.4 is 10.5 Å². The highest BCUT2D eigenvalue weighted by Crippen LogP contribution is 2.12. The third-order valence-corrected chi connectivity index (χ3v) is 2.94. The van der Waals surface area contributed by atoms with Crippen LogP contribution in [0.15, 0.2) is 29.2 Å². The summed E-state index contributed by atoms with van der Waals surface area (Å²) in [4.78, 5) is 0.113. The third-order valence-electron chi connectivity index (χ3n) is 2.01. The molecule has 3 N–H and O–H groups in total. The van der Waals surface area contributed by atoms with Crippen molar-refractivity contribution in [3.8, 4) is 12.3 Å². The van der Waals surface area contributed by atoms with Gasteiger partial charge in [-0.25, -0.2) is 13.6 Å². The van der Waals surface area contributed by atoms with Gasteiger partial charge in [-0.2, -0.15) is 0 Å². The van der Waals surface area contributed by atoms with E-state index >= 15 is 0 Å². The van der Waals surface area contributed by atoms with Gasteiger partial charge in [-0.05, 0) is 30.7 Å². The molecular formula is C11H14N2O2S. The first-order valence-electron chi connectivity index (χ1n) is 4.84. The van der Waals surface area contributed by atoms with Gasteiger partial charge >= 0.3 is 0 Å². The molecule has 1 rings (SSSR count). The number of benzene rings is 1. The molecule has 0 spiro atoms. The largest absolute Gasteiger partial charge is 0.385 e. The predicted molar refractivity (Wildman–Crippen MR) is 64.4 cm³/mol. The van der Waals surface area contributed by atoms with E-state index in [9.17, 15) is 8.42 Å². The van der Waals surface area contributed by atoms with E-state index in [1.165, 1.54) is 12.1 Å². The van der Waals surface area contributed by atoms with Crippen molar-refractivity contribution in [3.05, 3.63) is 24.3 Å². The van der Waals surface area contributed by atoms with Crippen LogP contribution in [0.3, 0.4) is 0 Å². The molecule has 4 nitrogen and oxygen atoms in total. The Balaban J connectivity index is 2.56. The van der Waals surface area contributed by atoms with E-state index in [0.29, 0.717) is 0 Å². The summed E-state index contributed by atoms with van der Waals surface area (Å²) < 4.78 is 22.0. The molecule has 0 aliphatic carbocycles. The smallest absolute Gasteiger partial charge is 0.238 e. The van der Waals surface area contributed by atoms with Gasteiger partial charge in [-0.1, -0.05) is 0 Å². The minimum absolute atomic E-state index is 0.113. The summed E-state index contributed by atoms with van der Waals surface area (Å²) in [5.41, 5.74) is 0.851. The van der Waals surface area contributed by atoms with E-state index in [-0.39, 0.29) is 4.90 Å². The number of nitrogens with one attached hydrogen (secondary N) is 1. The van der Waals surface area contributed by atoms with Crippen LogP contribution >= 0.6 is 0 Å². The van der Waals surface area contributed by atoms with Gasteiger partial charge in [0, 0.05) is 18.7 Å². The normalized spacial score (nSPS) is 10.8. The summed E-state index contributed by atoms with van der Waals surface area (Å²) in [6, 6.07) is 6.29. The average Bonchev–Trinajstić information content (AvgIpc) is 2.24. The Labute approximate surface area is 95.9 Å². The van der Waals surface area contributed by atoms with Crippen LogP contribution in [-0.2, 0) is 10.0 Å². The van der Waals surface area contributed by atoms with E-state index in [4.69, 9.17) is 11.6 Å². The Morgan fingerprint density at radius 3 is 2.44 bits per heavy atom. The summed E-state index contributed by atoms with van der Waals surface area (Å²) in [6.07, 6.45) is 6.72. The second-order valence-corrected chi connectivity index (χ2v) is 4.87. The molecule has 1 aromatic rings. The molecule has 0 radical (unpaired) electrons. The van der Waals surface area contributed by atoms with Gasteiger partial charge in [0.15, 0.2) is 0 Å². The van der Waals surface area contributed by atoms with E-state index in [2.05, 4.69) is 11.2 Å². The Kier molecular flexibility index (Phi) is 4.35. The lowest BCUT2D eigenvalue weighted by atomic mass is 10.3. The number of sulfonamides is 1. The van der Waals surface area contributed by atoms with E-state index in [1.807, 2.05) is 0 Å². The maximum Gasteiger partial charge on any atom is 0.238 e. The Hall–Kier alpha value is -1.51. The zero-order valence-electron chi connectivity index (χ0n) is 8.81. The maximum atomic E-state index is 11.0. The second-order valence-electron chi connectivity index (χ2n) is 3.30. The molecule has 0 atom stereocenters. The topological polar surface area (TPSA) is 72.2 Å². The first-order valence-corrected chi connectivity index (χ1v) is 6.39. The summed E-state index contributed by atoms with van der Waals surface area (Å²) >= 11 is 0. The summed E-state index contributed by atoms with van der Waals surface area (Å²) in [5, 5.41) is 8.10. The van der Waals surface area contributed by atoms with Crippen molar-refractivity contribution in [2.75, 3.05) is 11.9 Å². The van der Waals surface area contributed by atoms with Crippen molar-refractivity contribution < 1.29 is 8.42 Å². The van der Waals surface area contributed by atoms with Gasteiger partial charge in [0.2, 0.25) is 10.0 Å². The number of hydrogen-bond donors (Lipinski definition) is 2. The Bertz CT molecular complexity index is 472. The molecule has 0 bridgehead atoms. The van der Waals surface area contributed by atoms with Gasteiger partial charge in [-0.3, -0.25) is 0 Å². The average molecular weight is 238 g/mol. The highest BCUT2D eigenvalue weighted by atomic mass is 32.2. The molecule has 0 saturated carbocycles. The molecule has 5 heteroatoms. The van der Waals surface area contributed by atoms with Crippen LogP contribution in [-0.4, -0.2) is 15.0 Å². The molecule has 0 unspecified atom stereocenters. The SMILES string of the molecule is C#CCCCNc1ccc(S(N)(=O)=O)cc1. The van der Waals surface area contributed by atoms with Crippen molar-refractivity contribution in [1.82, 2.24) is 0 Å². The maximum absolute atomic E-state index is 11.0. The molecule has 1 aromatic carbocycles. The van der Waals surface area contributed by atoms with Gasteiger partial charge < -0.3 is 5.32 Å². The fourth-order valence-corrected chi connectivity index (χ4v) is 1.70. The minimum Gasteiger partial charge on any atom is -0.385 e. The number of hydrogen-bond acceptors (Lipinski definition) is 3. The number of rotatable bonds is 5. The number of terminal acetylenes is 1. The molecule has 86 valence electrons. The highest BCUT2D eigenvalue weighted by Gasteiger charge is 2.05. The Morgan fingerprint density at radius 1 is 1.31 bits per heavy atom. The van der Waals surface area contributed by atoms with Crippen LogP contribution in [0.2, 0.25) is 0 Å². The van der Waals surface area contributed by atoms with E-state index in [0.717, 1.165) is 25.1 Å².